The summed E-state index contributed by atoms with van der Waals surface area (Å²) in [6.07, 6.45) is 0. The number of carbonyl (C=O) groups is 1. The van der Waals surface area contributed by atoms with E-state index in [9.17, 15) is 13.2 Å². The number of carbonyl (C=O) groups excluding carboxylic acids is 1. The van der Waals surface area contributed by atoms with Crippen LogP contribution in [0.1, 0.15) is 11.1 Å². The summed E-state index contributed by atoms with van der Waals surface area (Å²) in [6.45, 7) is 1.88. The number of fused-ring (bicyclic) bond motifs is 1. The zero-order valence-electron chi connectivity index (χ0n) is 12.5. The molecule has 6 nitrogen and oxygen atoms in total. The maximum atomic E-state index is 12.3. The molecule has 2 aromatic rings. The number of anilines is 2. The Morgan fingerprint density at radius 3 is 2.83 bits per heavy atom. The Balaban J connectivity index is 1.78. The lowest BCUT2D eigenvalue weighted by molar-refractivity contribution is -0.118. The molecule has 0 fully saturated rings. The minimum absolute atomic E-state index is 0.0363. The molecule has 23 heavy (non-hydrogen) atoms. The Labute approximate surface area is 134 Å². The number of hydrogen-bond acceptors (Lipinski definition) is 4. The highest BCUT2D eigenvalue weighted by atomic mass is 32.2. The number of amides is 1. The highest BCUT2D eigenvalue weighted by Gasteiger charge is 2.18. The first-order valence-electron chi connectivity index (χ1n) is 7.04. The third-order valence-electron chi connectivity index (χ3n) is 3.32. The third kappa shape index (κ3) is 3.81. The fraction of sp³-hybridized carbons (Fsp3) is 0.188. The molecule has 1 aliphatic heterocycles. The van der Waals surface area contributed by atoms with Crippen LogP contribution in [-0.4, -0.2) is 20.9 Å². The van der Waals surface area contributed by atoms with Crippen LogP contribution < -0.4 is 14.8 Å². The molecule has 0 unspecified atom stereocenters. The smallest absolute Gasteiger partial charge is 0.262 e. The van der Waals surface area contributed by atoms with Crippen LogP contribution in [0.5, 0.6) is 5.75 Å². The average molecular weight is 332 g/mol. The molecule has 0 saturated heterocycles. The number of aryl methyl sites for hydroxylation is 1. The van der Waals surface area contributed by atoms with Gasteiger partial charge in [-0.3, -0.25) is 9.52 Å². The average Bonchev–Trinajstić information content (AvgIpc) is 2.45. The molecular weight excluding hydrogens is 316 g/mol. The summed E-state index contributed by atoms with van der Waals surface area (Å²) in [4.78, 5) is 11.3. The van der Waals surface area contributed by atoms with Gasteiger partial charge in [-0.15, -0.1) is 0 Å². The number of nitrogens with one attached hydrogen (secondary N) is 2. The van der Waals surface area contributed by atoms with Crippen molar-refractivity contribution in [3.8, 4) is 5.75 Å². The lowest BCUT2D eigenvalue weighted by Crippen LogP contribution is -2.25. The van der Waals surface area contributed by atoms with Gasteiger partial charge in [-0.2, -0.15) is 0 Å². The predicted octanol–water partition coefficient (Wildman–Crippen LogP) is 2.27. The van der Waals surface area contributed by atoms with Gasteiger partial charge in [0.25, 0.3) is 5.91 Å². The lowest BCUT2D eigenvalue weighted by Gasteiger charge is -2.18. The first kappa shape index (κ1) is 15.4. The van der Waals surface area contributed by atoms with Gasteiger partial charge in [0.05, 0.1) is 17.1 Å². The molecule has 0 aromatic heterocycles. The van der Waals surface area contributed by atoms with Crippen molar-refractivity contribution in [1.29, 1.82) is 0 Å². The number of sulfonamides is 1. The Hall–Kier alpha value is -2.54. The molecule has 0 spiro atoms. The Morgan fingerprint density at radius 2 is 2.04 bits per heavy atom. The standard InChI is InChI=1S/C16H16N2O4S/c1-11-3-2-4-12(7-11)10-23(20,21)18-13-5-6-15-14(8-13)17-16(19)9-22-15/h2-8,18H,9-10H2,1H3,(H,17,19). The Morgan fingerprint density at radius 1 is 1.22 bits per heavy atom. The van der Waals surface area contributed by atoms with Crippen LogP contribution in [0.25, 0.3) is 0 Å². The summed E-state index contributed by atoms with van der Waals surface area (Å²) in [5.74, 6) is 0.137. The molecule has 0 bridgehead atoms. The van der Waals surface area contributed by atoms with Crippen LogP contribution in [0, 0.1) is 6.92 Å². The molecule has 0 saturated carbocycles. The predicted molar refractivity (Wildman–Crippen MR) is 88.0 cm³/mol. The number of ether oxygens (including phenoxy) is 1. The Kier molecular flexibility index (Phi) is 3.96. The van der Waals surface area contributed by atoms with Crippen LogP contribution in [0.2, 0.25) is 0 Å². The van der Waals surface area contributed by atoms with Crippen LogP contribution >= 0.6 is 0 Å². The maximum absolute atomic E-state index is 12.3. The zero-order valence-corrected chi connectivity index (χ0v) is 13.3. The fourth-order valence-electron chi connectivity index (χ4n) is 2.38. The van der Waals surface area contributed by atoms with Gasteiger partial charge in [-0.1, -0.05) is 29.8 Å². The molecule has 1 aliphatic rings. The molecule has 0 aliphatic carbocycles. The van der Waals surface area contributed by atoms with Crippen molar-refractivity contribution >= 4 is 27.3 Å². The van der Waals surface area contributed by atoms with E-state index in [2.05, 4.69) is 10.0 Å². The zero-order chi connectivity index (χ0) is 16.4. The normalized spacial score (nSPS) is 13.7. The van der Waals surface area contributed by atoms with Gasteiger partial charge in [0.15, 0.2) is 6.61 Å². The van der Waals surface area contributed by atoms with Crippen molar-refractivity contribution in [1.82, 2.24) is 0 Å². The van der Waals surface area contributed by atoms with Gasteiger partial charge in [0, 0.05) is 0 Å². The van der Waals surface area contributed by atoms with E-state index in [1.807, 2.05) is 25.1 Å². The van der Waals surface area contributed by atoms with E-state index < -0.39 is 10.0 Å². The molecule has 0 radical (unpaired) electrons. The van der Waals surface area contributed by atoms with Crippen molar-refractivity contribution in [2.75, 3.05) is 16.6 Å². The fourth-order valence-corrected chi connectivity index (χ4v) is 3.56. The molecule has 120 valence electrons. The van der Waals surface area contributed by atoms with Crippen molar-refractivity contribution < 1.29 is 17.9 Å². The summed E-state index contributed by atoms with van der Waals surface area (Å²) in [5, 5.41) is 2.64. The van der Waals surface area contributed by atoms with E-state index in [1.165, 1.54) is 0 Å². The first-order valence-corrected chi connectivity index (χ1v) is 8.69. The van der Waals surface area contributed by atoms with E-state index in [0.29, 0.717) is 22.7 Å². The van der Waals surface area contributed by atoms with Crippen molar-refractivity contribution in [2.24, 2.45) is 0 Å². The van der Waals surface area contributed by atoms with Gasteiger partial charge in [0.2, 0.25) is 10.0 Å². The highest BCUT2D eigenvalue weighted by molar-refractivity contribution is 7.91. The quantitative estimate of drug-likeness (QED) is 0.899. The van der Waals surface area contributed by atoms with Crippen molar-refractivity contribution in [3.05, 3.63) is 53.6 Å². The van der Waals surface area contributed by atoms with Gasteiger partial charge >= 0.3 is 0 Å². The molecule has 2 N–H and O–H groups in total. The second-order valence-electron chi connectivity index (χ2n) is 5.40. The molecule has 3 rings (SSSR count). The van der Waals surface area contributed by atoms with Gasteiger partial charge < -0.3 is 10.1 Å². The molecule has 2 aromatic carbocycles. The summed E-state index contributed by atoms with van der Waals surface area (Å²) in [5.41, 5.74) is 2.55. The Bertz CT molecular complexity index is 862. The van der Waals surface area contributed by atoms with Gasteiger partial charge in [-0.05, 0) is 30.7 Å². The molecule has 7 heteroatoms. The molecule has 1 heterocycles. The SMILES string of the molecule is Cc1cccc(CS(=O)(=O)Nc2ccc3c(c2)NC(=O)CO3)c1. The van der Waals surface area contributed by atoms with Crippen LogP contribution in [0.15, 0.2) is 42.5 Å². The van der Waals surface area contributed by atoms with Crippen LogP contribution in [-0.2, 0) is 20.6 Å². The van der Waals surface area contributed by atoms with E-state index in [1.54, 1.807) is 24.3 Å². The minimum Gasteiger partial charge on any atom is -0.482 e. The highest BCUT2D eigenvalue weighted by Crippen LogP contribution is 2.30. The summed E-state index contributed by atoms with van der Waals surface area (Å²) in [7, 11) is -3.55. The lowest BCUT2D eigenvalue weighted by atomic mass is 10.2. The molecular formula is C16H16N2O4S. The monoisotopic (exact) mass is 332 g/mol. The van der Waals surface area contributed by atoms with Crippen molar-refractivity contribution in [3.63, 3.8) is 0 Å². The first-order chi connectivity index (χ1) is 10.9. The summed E-state index contributed by atoms with van der Waals surface area (Å²) in [6, 6.07) is 12.1. The van der Waals surface area contributed by atoms with Crippen LogP contribution in [0.3, 0.4) is 0 Å². The third-order valence-corrected chi connectivity index (χ3v) is 4.59. The van der Waals surface area contributed by atoms with Gasteiger partial charge in [0.1, 0.15) is 5.75 Å². The number of benzene rings is 2. The van der Waals surface area contributed by atoms with Crippen molar-refractivity contribution in [2.45, 2.75) is 12.7 Å². The minimum atomic E-state index is -3.55. The molecule has 1 amide bonds. The second kappa shape index (κ2) is 5.92. The molecule has 0 atom stereocenters. The van der Waals surface area contributed by atoms with E-state index in [4.69, 9.17) is 4.74 Å². The van der Waals surface area contributed by atoms with E-state index in [-0.39, 0.29) is 18.3 Å². The summed E-state index contributed by atoms with van der Waals surface area (Å²) < 4.78 is 32.3. The van der Waals surface area contributed by atoms with E-state index in [0.717, 1.165) is 5.56 Å². The van der Waals surface area contributed by atoms with Crippen LogP contribution in [0.4, 0.5) is 11.4 Å². The largest absolute Gasteiger partial charge is 0.482 e. The topological polar surface area (TPSA) is 84.5 Å². The van der Waals surface area contributed by atoms with E-state index >= 15 is 0 Å². The summed E-state index contributed by atoms with van der Waals surface area (Å²) >= 11 is 0. The number of rotatable bonds is 4. The van der Waals surface area contributed by atoms with Gasteiger partial charge in [-0.25, -0.2) is 8.42 Å². The maximum Gasteiger partial charge on any atom is 0.262 e. The number of hydrogen-bond donors (Lipinski definition) is 2. The second-order valence-corrected chi connectivity index (χ2v) is 7.12.